The van der Waals surface area contributed by atoms with Crippen LogP contribution in [0.1, 0.15) is 11.4 Å². The Morgan fingerprint density at radius 1 is 1.19 bits per heavy atom. The Bertz CT molecular complexity index is 1160. The Hall–Kier alpha value is -2.77. The van der Waals surface area contributed by atoms with Gasteiger partial charge in [0.25, 0.3) is 0 Å². The number of hydrogen-bond acceptors (Lipinski definition) is 4. The lowest BCUT2D eigenvalue weighted by molar-refractivity contribution is 0.508. The maximum Gasteiger partial charge on any atom is 0.164 e. The fraction of sp³-hybridized carbons (Fsp3) is 0.211. The number of halogens is 2. The molecule has 27 heavy (non-hydrogen) atoms. The molecule has 1 aliphatic heterocycles. The van der Waals surface area contributed by atoms with Gasteiger partial charge >= 0.3 is 0 Å². The summed E-state index contributed by atoms with van der Waals surface area (Å²) in [5, 5.41) is 19.9. The zero-order valence-corrected chi connectivity index (χ0v) is 15.3. The number of benzene rings is 2. The fourth-order valence-electron chi connectivity index (χ4n) is 3.71. The SMILES string of the molecule is Cc1ccc2[nH]ncc2c1-c1c(F)cc(-c2nnc3n2CCNC3)cc1Cl. The van der Waals surface area contributed by atoms with E-state index in [-0.39, 0.29) is 5.82 Å². The maximum atomic E-state index is 15.2. The van der Waals surface area contributed by atoms with Crippen molar-refractivity contribution < 1.29 is 4.39 Å². The Morgan fingerprint density at radius 3 is 2.93 bits per heavy atom. The third-order valence-corrected chi connectivity index (χ3v) is 5.30. The van der Waals surface area contributed by atoms with Gasteiger partial charge in [0.2, 0.25) is 0 Å². The number of aromatic nitrogens is 5. The number of aromatic amines is 1. The molecule has 0 spiro atoms. The van der Waals surface area contributed by atoms with E-state index in [1.165, 1.54) is 6.07 Å². The second-order valence-electron chi connectivity index (χ2n) is 6.67. The first-order valence-electron chi connectivity index (χ1n) is 8.69. The van der Waals surface area contributed by atoms with Crippen LogP contribution in [0.4, 0.5) is 4.39 Å². The summed E-state index contributed by atoms with van der Waals surface area (Å²) in [7, 11) is 0. The molecule has 0 unspecified atom stereocenters. The predicted octanol–water partition coefficient (Wildman–Crippen LogP) is 3.69. The molecule has 6 nitrogen and oxygen atoms in total. The third-order valence-electron chi connectivity index (χ3n) is 5.01. The first kappa shape index (κ1) is 16.4. The number of H-pyrrole nitrogens is 1. The molecule has 0 bridgehead atoms. The van der Waals surface area contributed by atoms with Crippen molar-refractivity contribution in [3.8, 4) is 22.5 Å². The lowest BCUT2D eigenvalue weighted by Gasteiger charge is -2.17. The molecular formula is C19H16ClFN6. The lowest BCUT2D eigenvalue weighted by atomic mass is 9.95. The van der Waals surface area contributed by atoms with Crippen LogP contribution in [0, 0.1) is 12.7 Å². The molecule has 2 N–H and O–H groups in total. The Morgan fingerprint density at radius 2 is 2.07 bits per heavy atom. The van der Waals surface area contributed by atoms with Crippen molar-refractivity contribution in [2.45, 2.75) is 20.0 Å². The first-order valence-corrected chi connectivity index (χ1v) is 9.06. The standard InChI is InChI=1S/C19H16ClFN6/c1-10-2-3-15-12(8-23-24-15)17(10)18-13(20)6-11(7-14(18)21)19-26-25-16-9-22-4-5-27(16)19/h2-3,6-8,22H,4-5,9H2,1H3,(H,23,24). The van der Waals surface area contributed by atoms with E-state index in [9.17, 15) is 0 Å². The fourth-order valence-corrected chi connectivity index (χ4v) is 4.01. The van der Waals surface area contributed by atoms with Crippen LogP contribution in [0.15, 0.2) is 30.5 Å². The highest BCUT2D eigenvalue weighted by molar-refractivity contribution is 6.34. The van der Waals surface area contributed by atoms with Gasteiger partial charge in [-0.1, -0.05) is 17.7 Å². The highest BCUT2D eigenvalue weighted by Crippen LogP contribution is 2.39. The second-order valence-corrected chi connectivity index (χ2v) is 7.08. The zero-order chi connectivity index (χ0) is 18.5. The van der Waals surface area contributed by atoms with Crippen molar-refractivity contribution in [3.05, 3.63) is 52.7 Å². The quantitative estimate of drug-likeness (QED) is 0.554. The monoisotopic (exact) mass is 382 g/mol. The van der Waals surface area contributed by atoms with Crippen molar-refractivity contribution in [1.82, 2.24) is 30.3 Å². The van der Waals surface area contributed by atoms with Crippen LogP contribution in [0.2, 0.25) is 5.02 Å². The van der Waals surface area contributed by atoms with Crippen LogP contribution in [0.25, 0.3) is 33.4 Å². The van der Waals surface area contributed by atoms with Crippen LogP contribution in [0.3, 0.4) is 0 Å². The molecule has 2 aromatic heterocycles. The smallest absolute Gasteiger partial charge is 0.164 e. The highest BCUT2D eigenvalue weighted by atomic mass is 35.5. The van der Waals surface area contributed by atoms with Crippen molar-refractivity contribution in [3.63, 3.8) is 0 Å². The highest BCUT2D eigenvalue weighted by Gasteiger charge is 2.21. The van der Waals surface area contributed by atoms with Gasteiger partial charge in [-0.05, 0) is 36.2 Å². The Labute approximate surface area is 159 Å². The molecule has 3 heterocycles. The molecule has 0 fully saturated rings. The van der Waals surface area contributed by atoms with E-state index in [2.05, 4.69) is 25.7 Å². The minimum absolute atomic E-state index is 0.341. The normalized spacial score (nSPS) is 13.9. The van der Waals surface area contributed by atoms with Crippen LogP contribution in [-0.4, -0.2) is 31.5 Å². The average Bonchev–Trinajstić information content (AvgIpc) is 3.29. The van der Waals surface area contributed by atoms with Crippen LogP contribution >= 0.6 is 11.6 Å². The summed E-state index contributed by atoms with van der Waals surface area (Å²) in [6.07, 6.45) is 1.70. The molecule has 0 radical (unpaired) electrons. The predicted molar refractivity (Wildman–Crippen MR) is 102 cm³/mol. The van der Waals surface area contributed by atoms with Crippen molar-refractivity contribution in [1.29, 1.82) is 0 Å². The van der Waals surface area contributed by atoms with Gasteiger partial charge in [-0.15, -0.1) is 10.2 Å². The van der Waals surface area contributed by atoms with Gasteiger partial charge in [-0.2, -0.15) is 5.10 Å². The minimum Gasteiger partial charge on any atom is -0.309 e. The van der Waals surface area contributed by atoms with E-state index in [1.807, 2.05) is 23.6 Å². The number of aryl methyl sites for hydroxylation is 1. The zero-order valence-electron chi connectivity index (χ0n) is 14.6. The molecule has 0 saturated carbocycles. The lowest BCUT2D eigenvalue weighted by Crippen LogP contribution is -2.28. The van der Waals surface area contributed by atoms with Crippen LogP contribution in [-0.2, 0) is 13.1 Å². The second kappa shape index (κ2) is 6.14. The summed E-state index contributed by atoms with van der Waals surface area (Å²) >= 11 is 6.57. The minimum atomic E-state index is -0.388. The molecule has 0 aliphatic carbocycles. The number of fused-ring (bicyclic) bond motifs is 2. The molecular weight excluding hydrogens is 367 g/mol. The summed E-state index contributed by atoms with van der Waals surface area (Å²) in [6, 6.07) is 7.11. The largest absolute Gasteiger partial charge is 0.309 e. The van der Waals surface area contributed by atoms with Crippen molar-refractivity contribution in [2.75, 3.05) is 6.54 Å². The Balaban J connectivity index is 1.70. The van der Waals surface area contributed by atoms with E-state index < -0.39 is 0 Å². The molecule has 8 heteroatoms. The maximum absolute atomic E-state index is 15.2. The van der Waals surface area contributed by atoms with E-state index in [1.54, 1.807) is 12.3 Å². The summed E-state index contributed by atoms with van der Waals surface area (Å²) < 4.78 is 17.3. The summed E-state index contributed by atoms with van der Waals surface area (Å²) in [6.45, 7) is 4.16. The molecule has 1 aliphatic rings. The van der Waals surface area contributed by atoms with Crippen molar-refractivity contribution in [2.24, 2.45) is 0 Å². The molecule has 0 amide bonds. The Kier molecular flexibility index (Phi) is 3.73. The van der Waals surface area contributed by atoms with Gasteiger partial charge in [0.15, 0.2) is 5.82 Å². The van der Waals surface area contributed by atoms with Gasteiger partial charge in [-0.3, -0.25) is 5.10 Å². The van der Waals surface area contributed by atoms with E-state index in [0.717, 1.165) is 40.9 Å². The number of rotatable bonds is 2. The first-order chi connectivity index (χ1) is 13.1. The summed E-state index contributed by atoms with van der Waals surface area (Å²) in [5.41, 5.74) is 3.53. The summed E-state index contributed by atoms with van der Waals surface area (Å²) in [4.78, 5) is 0. The molecule has 136 valence electrons. The number of hydrogen-bond donors (Lipinski definition) is 2. The van der Waals surface area contributed by atoms with Gasteiger partial charge in [0.05, 0.1) is 23.3 Å². The number of nitrogens with zero attached hydrogens (tertiary/aromatic N) is 4. The summed E-state index contributed by atoms with van der Waals surface area (Å²) in [5.74, 6) is 1.09. The molecule has 5 rings (SSSR count). The van der Waals surface area contributed by atoms with Gasteiger partial charge in [0, 0.05) is 29.6 Å². The van der Waals surface area contributed by atoms with E-state index >= 15 is 4.39 Å². The van der Waals surface area contributed by atoms with E-state index in [0.29, 0.717) is 28.5 Å². The van der Waals surface area contributed by atoms with Gasteiger partial charge < -0.3 is 9.88 Å². The number of nitrogens with one attached hydrogen (secondary N) is 2. The van der Waals surface area contributed by atoms with Crippen LogP contribution < -0.4 is 5.32 Å². The molecule has 4 aromatic rings. The van der Waals surface area contributed by atoms with E-state index in [4.69, 9.17) is 11.6 Å². The van der Waals surface area contributed by atoms with Gasteiger partial charge in [0.1, 0.15) is 11.6 Å². The van der Waals surface area contributed by atoms with Gasteiger partial charge in [-0.25, -0.2) is 4.39 Å². The topological polar surface area (TPSA) is 71.4 Å². The molecule has 2 aromatic carbocycles. The molecule has 0 saturated heterocycles. The van der Waals surface area contributed by atoms with Crippen LogP contribution in [0.5, 0.6) is 0 Å². The third kappa shape index (κ3) is 2.54. The van der Waals surface area contributed by atoms with Crippen molar-refractivity contribution >= 4 is 22.5 Å². The molecule has 0 atom stereocenters. The average molecular weight is 383 g/mol.